The highest BCUT2D eigenvalue weighted by Gasteiger charge is 2.23. The lowest BCUT2D eigenvalue weighted by Crippen LogP contribution is -2.39. The Morgan fingerprint density at radius 3 is 2.22 bits per heavy atom. The maximum atomic E-state index is 12.4. The summed E-state index contributed by atoms with van der Waals surface area (Å²) in [4.78, 5) is 25.7. The summed E-state index contributed by atoms with van der Waals surface area (Å²) in [7, 11) is 2.93. The summed E-state index contributed by atoms with van der Waals surface area (Å²) in [5.41, 5.74) is -0.281. The van der Waals surface area contributed by atoms with Gasteiger partial charge in [0.1, 0.15) is 5.60 Å². The molecule has 0 fully saturated rings. The van der Waals surface area contributed by atoms with E-state index in [0.29, 0.717) is 52.2 Å². The zero-order valence-corrected chi connectivity index (χ0v) is 17.6. The van der Waals surface area contributed by atoms with Crippen molar-refractivity contribution in [2.24, 2.45) is 5.92 Å². The van der Waals surface area contributed by atoms with Crippen LogP contribution in [0.1, 0.15) is 47.0 Å². The van der Waals surface area contributed by atoms with E-state index in [2.05, 4.69) is 0 Å². The molecule has 27 heavy (non-hydrogen) atoms. The summed E-state index contributed by atoms with van der Waals surface area (Å²) >= 11 is 0. The molecule has 158 valence electrons. The summed E-state index contributed by atoms with van der Waals surface area (Å²) < 4.78 is 20.6. The van der Waals surface area contributed by atoms with E-state index in [9.17, 15) is 9.59 Å². The standard InChI is InChI=1S/C19H36N2O6/c1-15(20)16(17(22)25-6)9-7-8-10-21(11-12-26-14-13-24-5)18(23)27-19(2,3)4/h16,20H,7-14H2,1-6H3/t16-/m0/s1. The van der Waals surface area contributed by atoms with Crippen molar-refractivity contribution < 1.29 is 28.5 Å². The van der Waals surface area contributed by atoms with E-state index >= 15 is 0 Å². The van der Waals surface area contributed by atoms with Gasteiger partial charge in [-0.25, -0.2) is 4.79 Å². The predicted octanol–water partition coefficient (Wildman–Crippen LogP) is 2.89. The fourth-order valence-electron chi connectivity index (χ4n) is 2.34. The van der Waals surface area contributed by atoms with E-state index in [0.717, 1.165) is 0 Å². The van der Waals surface area contributed by atoms with Crippen LogP contribution in [0.25, 0.3) is 0 Å². The molecule has 0 aromatic heterocycles. The Bertz CT molecular complexity index is 462. The van der Waals surface area contributed by atoms with Gasteiger partial charge in [0.25, 0.3) is 0 Å². The molecule has 0 unspecified atom stereocenters. The number of carbonyl (C=O) groups is 2. The molecule has 0 aromatic rings. The first-order valence-electron chi connectivity index (χ1n) is 9.29. The molecule has 1 atom stereocenters. The monoisotopic (exact) mass is 388 g/mol. The molecule has 1 N–H and O–H groups in total. The molecular weight excluding hydrogens is 352 g/mol. The second-order valence-corrected chi connectivity index (χ2v) is 7.33. The first-order valence-corrected chi connectivity index (χ1v) is 9.29. The lowest BCUT2D eigenvalue weighted by atomic mass is 9.97. The number of amides is 1. The summed E-state index contributed by atoms with van der Waals surface area (Å²) in [5.74, 6) is -0.916. The Labute approximate surface area is 163 Å². The molecule has 0 saturated carbocycles. The quantitative estimate of drug-likeness (QED) is 0.296. The molecule has 1 amide bonds. The number of ether oxygens (including phenoxy) is 4. The number of hydrogen-bond acceptors (Lipinski definition) is 7. The van der Waals surface area contributed by atoms with Gasteiger partial charge in [-0.3, -0.25) is 4.79 Å². The molecule has 0 rings (SSSR count). The number of unbranched alkanes of at least 4 members (excludes halogenated alkanes) is 1. The van der Waals surface area contributed by atoms with Crippen molar-refractivity contribution in [2.45, 2.75) is 52.6 Å². The van der Waals surface area contributed by atoms with E-state index in [1.165, 1.54) is 7.11 Å². The average Bonchev–Trinajstić information content (AvgIpc) is 2.57. The van der Waals surface area contributed by atoms with E-state index in [-0.39, 0.29) is 11.8 Å². The number of rotatable bonds is 13. The molecule has 0 aliphatic heterocycles. The maximum Gasteiger partial charge on any atom is 0.410 e. The van der Waals surface area contributed by atoms with Crippen LogP contribution in [0.15, 0.2) is 0 Å². The van der Waals surface area contributed by atoms with Gasteiger partial charge < -0.3 is 29.3 Å². The summed E-state index contributed by atoms with van der Waals surface area (Å²) in [5, 5.41) is 7.71. The highest BCUT2D eigenvalue weighted by molar-refractivity contribution is 5.99. The van der Waals surface area contributed by atoms with Gasteiger partial charge in [0, 0.05) is 25.9 Å². The van der Waals surface area contributed by atoms with Crippen molar-refractivity contribution in [2.75, 3.05) is 47.1 Å². The van der Waals surface area contributed by atoms with Crippen LogP contribution in [0.2, 0.25) is 0 Å². The summed E-state index contributed by atoms with van der Waals surface area (Å²) in [6, 6.07) is 0. The Morgan fingerprint density at radius 1 is 1.04 bits per heavy atom. The number of esters is 1. The minimum atomic E-state index is -0.570. The van der Waals surface area contributed by atoms with Gasteiger partial charge in [0.15, 0.2) is 0 Å². The van der Waals surface area contributed by atoms with Crippen molar-refractivity contribution in [3.63, 3.8) is 0 Å². The minimum absolute atomic E-state index is 0.289. The lowest BCUT2D eigenvalue weighted by molar-refractivity contribution is -0.143. The normalized spacial score (nSPS) is 12.4. The molecule has 0 aliphatic carbocycles. The summed E-state index contributed by atoms with van der Waals surface area (Å²) in [6.07, 6.45) is 1.53. The van der Waals surface area contributed by atoms with Crippen LogP contribution in [0.3, 0.4) is 0 Å². The van der Waals surface area contributed by atoms with Crippen LogP contribution in [-0.2, 0) is 23.7 Å². The Hall–Kier alpha value is -1.67. The first-order chi connectivity index (χ1) is 12.6. The topological polar surface area (TPSA) is 98.2 Å². The highest BCUT2D eigenvalue weighted by Crippen LogP contribution is 2.14. The fourth-order valence-corrected chi connectivity index (χ4v) is 2.34. The maximum absolute atomic E-state index is 12.4. The molecule has 0 spiro atoms. The lowest BCUT2D eigenvalue weighted by Gasteiger charge is -2.27. The van der Waals surface area contributed by atoms with Crippen molar-refractivity contribution in [3.8, 4) is 0 Å². The molecule has 0 aromatic carbocycles. The Balaban J connectivity index is 4.53. The van der Waals surface area contributed by atoms with Crippen LogP contribution < -0.4 is 0 Å². The zero-order chi connectivity index (χ0) is 20.9. The third kappa shape index (κ3) is 12.4. The number of carbonyl (C=O) groups excluding carboxylic acids is 2. The van der Waals surface area contributed by atoms with E-state index in [4.69, 9.17) is 24.4 Å². The number of hydrogen-bond donors (Lipinski definition) is 1. The van der Waals surface area contributed by atoms with Crippen molar-refractivity contribution in [1.82, 2.24) is 4.90 Å². The van der Waals surface area contributed by atoms with Gasteiger partial charge in [-0.15, -0.1) is 0 Å². The molecule has 0 heterocycles. The smallest absolute Gasteiger partial charge is 0.410 e. The minimum Gasteiger partial charge on any atom is -0.469 e. The van der Waals surface area contributed by atoms with Crippen LogP contribution in [0.5, 0.6) is 0 Å². The molecule has 0 bridgehead atoms. The first kappa shape index (κ1) is 25.3. The van der Waals surface area contributed by atoms with Crippen LogP contribution in [0.4, 0.5) is 4.79 Å². The Morgan fingerprint density at radius 2 is 1.70 bits per heavy atom. The van der Waals surface area contributed by atoms with Gasteiger partial charge in [-0.1, -0.05) is 6.42 Å². The second kappa shape index (κ2) is 13.5. The highest BCUT2D eigenvalue weighted by atomic mass is 16.6. The molecule has 0 saturated heterocycles. The fraction of sp³-hybridized carbons (Fsp3) is 0.842. The molecular formula is C19H36N2O6. The van der Waals surface area contributed by atoms with Crippen molar-refractivity contribution in [1.29, 1.82) is 5.41 Å². The molecule has 8 heteroatoms. The van der Waals surface area contributed by atoms with Crippen LogP contribution in [0, 0.1) is 11.3 Å². The third-order valence-electron chi connectivity index (χ3n) is 3.77. The molecule has 0 radical (unpaired) electrons. The predicted molar refractivity (Wildman–Crippen MR) is 103 cm³/mol. The van der Waals surface area contributed by atoms with Crippen LogP contribution in [-0.4, -0.2) is 75.4 Å². The Kier molecular flexibility index (Phi) is 12.7. The summed E-state index contributed by atoms with van der Waals surface area (Å²) in [6.45, 7) is 9.36. The second-order valence-electron chi connectivity index (χ2n) is 7.33. The number of nitrogens with one attached hydrogen (secondary N) is 1. The third-order valence-corrected chi connectivity index (χ3v) is 3.77. The average molecular weight is 389 g/mol. The van der Waals surface area contributed by atoms with E-state index < -0.39 is 17.5 Å². The van der Waals surface area contributed by atoms with Gasteiger partial charge in [0.2, 0.25) is 0 Å². The number of methoxy groups -OCH3 is 2. The van der Waals surface area contributed by atoms with Crippen molar-refractivity contribution in [3.05, 3.63) is 0 Å². The van der Waals surface area contributed by atoms with Gasteiger partial charge >= 0.3 is 12.1 Å². The largest absolute Gasteiger partial charge is 0.469 e. The van der Waals surface area contributed by atoms with Crippen molar-refractivity contribution >= 4 is 17.8 Å². The SMILES string of the molecule is COCCOCCN(CCCC[C@@H](C(C)=N)C(=O)OC)C(=O)OC(C)(C)C. The number of nitrogens with zero attached hydrogens (tertiary/aromatic N) is 1. The molecule has 0 aliphatic rings. The molecule has 8 nitrogen and oxygen atoms in total. The van der Waals surface area contributed by atoms with E-state index in [1.807, 2.05) is 20.8 Å². The van der Waals surface area contributed by atoms with Gasteiger partial charge in [-0.05, 0) is 40.5 Å². The van der Waals surface area contributed by atoms with Gasteiger partial charge in [-0.2, -0.15) is 0 Å². The van der Waals surface area contributed by atoms with Gasteiger partial charge in [0.05, 0.1) is 32.8 Å². The van der Waals surface area contributed by atoms with Crippen LogP contribution >= 0.6 is 0 Å². The zero-order valence-electron chi connectivity index (χ0n) is 17.6. The van der Waals surface area contributed by atoms with E-state index in [1.54, 1.807) is 18.9 Å².